The molecule has 1 aliphatic heterocycles. The number of rotatable bonds is 7. The van der Waals surface area contributed by atoms with Crippen LogP contribution in [0.25, 0.3) is 0 Å². The van der Waals surface area contributed by atoms with Gasteiger partial charge in [0.15, 0.2) is 5.96 Å². The monoisotopic (exact) mass is 394 g/mol. The maximum Gasteiger partial charge on any atom is 0.231 e. The lowest BCUT2D eigenvalue weighted by molar-refractivity contribution is -0.119. The van der Waals surface area contributed by atoms with Crippen LogP contribution in [0.1, 0.15) is 24.4 Å². The molecule has 1 unspecified atom stereocenters. The number of benzene rings is 1. The Bertz CT molecular complexity index is 626. The van der Waals surface area contributed by atoms with Crippen LogP contribution in [0.4, 0.5) is 0 Å². The summed E-state index contributed by atoms with van der Waals surface area (Å²) in [4.78, 5) is 19.7. The van der Waals surface area contributed by atoms with E-state index in [1.165, 1.54) is 5.56 Å². The van der Waals surface area contributed by atoms with Crippen LogP contribution in [0.15, 0.2) is 29.3 Å². The van der Waals surface area contributed by atoms with Gasteiger partial charge in [0.25, 0.3) is 0 Å². The third-order valence-electron chi connectivity index (χ3n) is 4.87. The Balaban J connectivity index is 1.85. The van der Waals surface area contributed by atoms with E-state index in [4.69, 9.17) is 17.3 Å². The number of carbonyl (C=O) groups is 1. The molecule has 0 aliphatic carbocycles. The van der Waals surface area contributed by atoms with Crippen LogP contribution >= 0.6 is 11.6 Å². The second-order valence-corrected chi connectivity index (χ2v) is 7.58. The molecule has 7 nitrogen and oxygen atoms in total. The second-order valence-electron chi connectivity index (χ2n) is 7.15. The molecule has 1 fully saturated rings. The zero-order valence-corrected chi connectivity index (χ0v) is 17.2. The van der Waals surface area contributed by atoms with Gasteiger partial charge in [-0.15, -0.1) is 0 Å². The van der Waals surface area contributed by atoms with Crippen molar-refractivity contribution in [3.8, 4) is 0 Å². The molecule has 2 rings (SSSR count). The Hall–Kier alpha value is -1.83. The molecule has 150 valence electrons. The highest BCUT2D eigenvalue weighted by atomic mass is 35.5. The molecule has 1 aliphatic rings. The minimum Gasteiger partial charge on any atom is -0.369 e. The van der Waals surface area contributed by atoms with Crippen molar-refractivity contribution in [1.82, 2.24) is 20.4 Å². The highest BCUT2D eigenvalue weighted by Crippen LogP contribution is 2.19. The van der Waals surface area contributed by atoms with Crippen molar-refractivity contribution in [3.05, 3.63) is 34.9 Å². The number of piperidine rings is 1. The van der Waals surface area contributed by atoms with Crippen LogP contribution in [0.3, 0.4) is 0 Å². The number of likely N-dealkylation sites (tertiary alicyclic amines) is 1. The Morgan fingerprint density at radius 2 is 1.96 bits per heavy atom. The predicted molar refractivity (Wildman–Crippen MR) is 111 cm³/mol. The molecular weight excluding hydrogens is 364 g/mol. The lowest BCUT2D eigenvalue weighted by Gasteiger charge is -2.33. The summed E-state index contributed by atoms with van der Waals surface area (Å²) in [6, 6.07) is 8.49. The third kappa shape index (κ3) is 7.01. The quantitative estimate of drug-likeness (QED) is 0.475. The largest absolute Gasteiger partial charge is 0.369 e. The molecule has 1 amide bonds. The maximum atomic E-state index is 11.0. The molecule has 1 aromatic carbocycles. The standard InChI is InChI=1S/C19H31ClN6O/c1-22-19(24-16-8-10-26(11-9-16)13-18(21)27)23-12-17(25(2)3)14-4-6-15(20)7-5-14/h4-7,16-17H,8-13H2,1-3H3,(H2,21,27)(H2,22,23,24). The summed E-state index contributed by atoms with van der Waals surface area (Å²) >= 11 is 6.00. The highest BCUT2D eigenvalue weighted by Gasteiger charge is 2.21. The molecular formula is C19H31ClN6O. The van der Waals surface area contributed by atoms with E-state index in [1.54, 1.807) is 7.05 Å². The van der Waals surface area contributed by atoms with Crippen LogP contribution in [0.2, 0.25) is 5.02 Å². The first kappa shape index (κ1) is 21.5. The van der Waals surface area contributed by atoms with Crippen LogP contribution < -0.4 is 16.4 Å². The van der Waals surface area contributed by atoms with Gasteiger partial charge in [-0.25, -0.2) is 0 Å². The van der Waals surface area contributed by atoms with Crippen molar-refractivity contribution in [2.45, 2.75) is 24.9 Å². The fraction of sp³-hybridized carbons (Fsp3) is 0.579. The summed E-state index contributed by atoms with van der Waals surface area (Å²) < 4.78 is 0. The number of likely N-dealkylation sites (N-methyl/N-ethyl adjacent to an activating group) is 1. The number of guanidine groups is 1. The normalized spacial score (nSPS) is 17.7. The van der Waals surface area contributed by atoms with Crippen molar-refractivity contribution < 1.29 is 4.79 Å². The van der Waals surface area contributed by atoms with E-state index in [-0.39, 0.29) is 11.9 Å². The summed E-state index contributed by atoms with van der Waals surface area (Å²) in [5, 5.41) is 7.66. The summed E-state index contributed by atoms with van der Waals surface area (Å²) in [5.41, 5.74) is 6.47. The van der Waals surface area contributed by atoms with Gasteiger partial charge in [-0.05, 0) is 44.6 Å². The molecule has 8 heteroatoms. The first-order valence-electron chi connectivity index (χ1n) is 9.28. The van der Waals surface area contributed by atoms with Gasteiger partial charge in [0, 0.05) is 37.7 Å². The van der Waals surface area contributed by atoms with Crippen LogP contribution in [0.5, 0.6) is 0 Å². The molecule has 1 saturated heterocycles. The first-order chi connectivity index (χ1) is 12.9. The Morgan fingerprint density at radius 3 is 2.48 bits per heavy atom. The minimum atomic E-state index is -0.268. The Labute approximate surface area is 166 Å². The van der Waals surface area contributed by atoms with E-state index in [2.05, 4.69) is 51.7 Å². The van der Waals surface area contributed by atoms with E-state index >= 15 is 0 Å². The van der Waals surface area contributed by atoms with Crippen LogP contribution in [-0.2, 0) is 4.79 Å². The molecule has 0 bridgehead atoms. The van der Waals surface area contributed by atoms with Crippen molar-refractivity contribution in [1.29, 1.82) is 0 Å². The molecule has 4 N–H and O–H groups in total. The molecule has 1 atom stereocenters. The van der Waals surface area contributed by atoms with Gasteiger partial charge in [-0.1, -0.05) is 23.7 Å². The lowest BCUT2D eigenvalue weighted by atomic mass is 10.0. The number of primary amides is 1. The van der Waals surface area contributed by atoms with Gasteiger partial charge in [-0.3, -0.25) is 14.7 Å². The van der Waals surface area contributed by atoms with Gasteiger partial charge in [0.2, 0.25) is 5.91 Å². The molecule has 0 radical (unpaired) electrons. The minimum absolute atomic E-state index is 0.207. The van der Waals surface area contributed by atoms with Crippen molar-refractivity contribution in [2.75, 3.05) is 47.3 Å². The van der Waals surface area contributed by atoms with Gasteiger partial charge in [-0.2, -0.15) is 0 Å². The average Bonchev–Trinajstić information content (AvgIpc) is 2.63. The molecule has 1 aromatic rings. The smallest absolute Gasteiger partial charge is 0.231 e. The number of aliphatic imine (C=N–C) groups is 1. The van der Waals surface area contributed by atoms with Crippen molar-refractivity contribution in [3.63, 3.8) is 0 Å². The average molecular weight is 395 g/mol. The lowest BCUT2D eigenvalue weighted by Crippen LogP contribution is -2.50. The summed E-state index contributed by atoms with van der Waals surface area (Å²) in [6.45, 7) is 2.80. The highest BCUT2D eigenvalue weighted by molar-refractivity contribution is 6.30. The summed E-state index contributed by atoms with van der Waals surface area (Å²) in [7, 11) is 5.90. The summed E-state index contributed by atoms with van der Waals surface area (Å²) in [6.07, 6.45) is 1.92. The zero-order chi connectivity index (χ0) is 19.8. The van der Waals surface area contributed by atoms with Crippen molar-refractivity contribution >= 4 is 23.5 Å². The van der Waals surface area contributed by atoms with Gasteiger partial charge >= 0.3 is 0 Å². The SMILES string of the molecule is CN=C(NCC(c1ccc(Cl)cc1)N(C)C)NC1CCN(CC(N)=O)CC1. The fourth-order valence-electron chi connectivity index (χ4n) is 3.32. The first-order valence-corrected chi connectivity index (χ1v) is 9.66. The van der Waals surface area contributed by atoms with E-state index in [1.807, 2.05) is 12.1 Å². The van der Waals surface area contributed by atoms with E-state index < -0.39 is 0 Å². The molecule has 0 saturated carbocycles. The maximum absolute atomic E-state index is 11.0. The van der Waals surface area contributed by atoms with E-state index in [0.29, 0.717) is 12.6 Å². The third-order valence-corrected chi connectivity index (χ3v) is 5.12. The molecule has 1 heterocycles. The predicted octanol–water partition coefficient (Wildman–Crippen LogP) is 1.06. The number of carbonyl (C=O) groups excluding carboxylic acids is 1. The van der Waals surface area contributed by atoms with E-state index in [9.17, 15) is 4.79 Å². The second kappa shape index (κ2) is 10.5. The Morgan fingerprint density at radius 1 is 1.33 bits per heavy atom. The topological polar surface area (TPSA) is 86.0 Å². The number of hydrogen-bond acceptors (Lipinski definition) is 4. The van der Waals surface area contributed by atoms with Crippen LogP contribution in [-0.4, -0.2) is 75.0 Å². The molecule has 27 heavy (non-hydrogen) atoms. The number of nitrogens with two attached hydrogens (primary N) is 1. The fourth-order valence-corrected chi connectivity index (χ4v) is 3.45. The summed E-state index contributed by atoms with van der Waals surface area (Å²) in [5.74, 6) is 0.528. The number of halogens is 1. The van der Waals surface area contributed by atoms with Crippen molar-refractivity contribution in [2.24, 2.45) is 10.7 Å². The number of nitrogens with zero attached hydrogens (tertiary/aromatic N) is 3. The van der Waals surface area contributed by atoms with E-state index in [0.717, 1.165) is 43.5 Å². The van der Waals surface area contributed by atoms with Gasteiger partial charge in [0.1, 0.15) is 0 Å². The number of hydrogen-bond donors (Lipinski definition) is 3. The number of nitrogens with one attached hydrogen (secondary N) is 2. The Kier molecular flexibility index (Phi) is 8.34. The molecule has 0 spiro atoms. The van der Waals surface area contributed by atoms with Gasteiger partial charge in [0.05, 0.1) is 12.6 Å². The number of amides is 1. The zero-order valence-electron chi connectivity index (χ0n) is 16.4. The van der Waals surface area contributed by atoms with Crippen LogP contribution in [0, 0.1) is 0 Å². The molecule has 0 aromatic heterocycles. The van der Waals surface area contributed by atoms with Gasteiger partial charge < -0.3 is 21.3 Å².